The largest absolute Gasteiger partial charge is 0.490 e. The maximum absolute atomic E-state index is 12.6. The monoisotopic (exact) mass is 364 g/mol. The molecule has 140 valence electrons. The quantitative estimate of drug-likeness (QED) is 0.725. The van der Waals surface area contributed by atoms with Gasteiger partial charge in [0.25, 0.3) is 11.8 Å². The van der Waals surface area contributed by atoms with Crippen LogP contribution >= 0.6 is 0 Å². The normalized spacial score (nSPS) is 13.8. The van der Waals surface area contributed by atoms with Gasteiger partial charge >= 0.3 is 0 Å². The van der Waals surface area contributed by atoms with Crippen LogP contribution in [-0.4, -0.2) is 24.5 Å². The molecule has 2 N–H and O–H groups in total. The predicted molar refractivity (Wildman–Crippen MR) is 106 cm³/mol. The van der Waals surface area contributed by atoms with Crippen molar-refractivity contribution in [2.75, 3.05) is 11.9 Å². The van der Waals surface area contributed by atoms with Crippen molar-refractivity contribution < 1.29 is 14.3 Å². The van der Waals surface area contributed by atoms with Gasteiger partial charge in [0.15, 0.2) is 0 Å². The molecule has 1 aliphatic carbocycles. The second-order valence-corrected chi connectivity index (χ2v) is 6.55. The molecule has 0 bridgehead atoms. The van der Waals surface area contributed by atoms with Crippen molar-refractivity contribution in [3.63, 3.8) is 0 Å². The SMILES string of the molecule is C=CCNC(=O)c1ccccc1NC(=O)c1ccc(OC2CCCC2)cc1. The second-order valence-electron chi connectivity index (χ2n) is 6.55. The third-order valence-electron chi connectivity index (χ3n) is 4.55. The van der Waals surface area contributed by atoms with Crippen molar-refractivity contribution in [1.82, 2.24) is 5.32 Å². The Morgan fingerprint density at radius 1 is 1.04 bits per heavy atom. The Morgan fingerprint density at radius 2 is 1.74 bits per heavy atom. The van der Waals surface area contributed by atoms with E-state index in [1.807, 2.05) is 12.1 Å². The molecule has 0 heterocycles. The van der Waals surface area contributed by atoms with Gasteiger partial charge in [-0.05, 0) is 62.1 Å². The molecular weight excluding hydrogens is 340 g/mol. The standard InChI is InChI=1S/C22H24N2O3/c1-2-15-23-22(26)19-9-5-6-10-20(19)24-21(25)16-11-13-18(14-12-16)27-17-7-3-4-8-17/h2,5-6,9-14,17H,1,3-4,7-8,15H2,(H,23,26)(H,24,25). The van der Waals surface area contributed by atoms with Gasteiger partial charge in [-0.3, -0.25) is 9.59 Å². The van der Waals surface area contributed by atoms with Crippen LogP contribution in [0.15, 0.2) is 61.2 Å². The fourth-order valence-electron chi connectivity index (χ4n) is 3.13. The van der Waals surface area contributed by atoms with Gasteiger partial charge in [0.05, 0.1) is 17.4 Å². The summed E-state index contributed by atoms with van der Waals surface area (Å²) in [6, 6.07) is 14.0. The molecule has 2 amide bonds. The van der Waals surface area contributed by atoms with Crippen LogP contribution in [0.25, 0.3) is 0 Å². The molecular formula is C22H24N2O3. The first-order valence-electron chi connectivity index (χ1n) is 9.23. The Bertz CT molecular complexity index is 809. The van der Waals surface area contributed by atoms with Crippen molar-refractivity contribution in [3.05, 3.63) is 72.3 Å². The van der Waals surface area contributed by atoms with Crippen LogP contribution in [0, 0.1) is 0 Å². The summed E-state index contributed by atoms with van der Waals surface area (Å²) in [5.41, 5.74) is 1.39. The minimum atomic E-state index is -0.272. The molecule has 2 aromatic carbocycles. The summed E-state index contributed by atoms with van der Waals surface area (Å²) in [7, 11) is 0. The van der Waals surface area contributed by atoms with Crippen molar-refractivity contribution >= 4 is 17.5 Å². The Kier molecular flexibility index (Phi) is 6.26. The summed E-state index contributed by atoms with van der Waals surface area (Å²) in [4.78, 5) is 24.8. The van der Waals surface area contributed by atoms with Crippen molar-refractivity contribution in [3.8, 4) is 5.75 Å². The highest BCUT2D eigenvalue weighted by Crippen LogP contribution is 2.24. The number of hydrogen-bond donors (Lipinski definition) is 2. The molecule has 5 heteroatoms. The maximum Gasteiger partial charge on any atom is 0.255 e. The molecule has 0 spiro atoms. The number of benzene rings is 2. The molecule has 0 unspecified atom stereocenters. The third kappa shape index (κ3) is 4.97. The van der Waals surface area contributed by atoms with E-state index in [0.29, 0.717) is 23.4 Å². The van der Waals surface area contributed by atoms with Crippen LogP contribution in [0.4, 0.5) is 5.69 Å². The maximum atomic E-state index is 12.6. The number of carbonyl (C=O) groups is 2. The van der Waals surface area contributed by atoms with Crippen molar-refractivity contribution in [1.29, 1.82) is 0 Å². The lowest BCUT2D eigenvalue weighted by atomic mass is 10.1. The average molecular weight is 364 g/mol. The highest BCUT2D eigenvalue weighted by atomic mass is 16.5. The van der Waals surface area contributed by atoms with E-state index in [9.17, 15) is 9.59 Å². The van der Waals surface area contributed by atoms with Crippen LogP contribution in [0.5, 0.6) is 5.75 Å². The number of para-hydroxylation sites is 1. The predicted octanol–water partition coefficient (Wildman–Crippen LogP) is 4.18. The topological polar surface area (TPSA) is 67.4 Å². The summed E-state index contributed by atoms with van der Waals surface area (Å²) in [5, 5.41) is 5.53. The molecule has 3 rings (SSSR count). The first-order chi connectivity index (χ1) is 13.2. The average Bonchev–Trinajstić information content (AvgIpc) is 3.20. The van der Waals surface area contributed by atoms with Crippen LogP contribution in [-0.2, 0) is 0 Å². The summed E-state index contributed by atoms with van der Waals surface area (Å²) < 4.78 is 5.92. The minimum absolute atomic E-state index is 0.258. The summed E-state index contributed by atoms with van der Waals surface area (Å²) in [6.07, 6.45) is 6.50. The fraction of sp³-hybridized carbons (Fsp3) is 0.273. The van der Waals surface area contributed by atoms with Crippen LogP contribution < -0.4 is 15.4 Å². The molecule has 0 saturated heterocycles. The van der Waals surface area contributed by atoms with Gasteiger partial charge in [0.2, 0.25) is 0 Å². The molecule has 1 saturated carbocycles. The highest BCUT2D eigenvalue weighted by Gasteiger charge is 2.17. The summed E-state index contributed by atoms with van der Waals surface area (Å²) in [6.45, 7) is 3.95. The van der Waals surface area contributed by atoms with E-state index in [4.69, 9.17) is 4.74 Å². The second kappa shape index (κ2) is 9.03. The van der Waals surface area contributed by atoms with Gasteiger partial charge in [-0.2, -0.15) is 0 Å². The van der Waals surface area contributed by atoms with E-state index in [1.165, 1.54) is 12.8 Å². The van der Waals surface area contributed by atoms with E-state index in [-0.39, 0.29) is 17.9 Å². The Balaban J connectivity index is 1.66. The Morgan fingerprint density at radius 3 is 2.44 bits per heavy atom. The number of anilines is 1. The summed E-state index contributed by atoms with van der Waals surface area (Å²) >= 11 is 0. The van der Waals surface area contributed by atoms with E-state index < -0.39 is 0 Å². The number of amides is 2. The number of ether oxygens (including phenoxy) is 1. The minimum Gasteiger partial charge on any atom is -0.490 e. The molecule has 0 aliphatic heterocycles. The Hall–Kier alpha value is -3.08. The lowest BCUT2D eigenvalue weighted by molar-refractivity contribution is 0.0959. The Labute approximate surface area is 159 Å². The van der Waals surface area contributed by atoms with E-state index in [1.54, 1.807) is 42.5 Å². The lowest BCUT2D eigenvalue weighted by Gasteiger charge is -2.14. The number of nitrogens with one attached hydrogen (secondary N) is 2. The molecule has 0 radical (unpaired) electrons. The smallest absolute Gasteiger partial charge is 0.255 e. The van der Waals surface area contributed by atoms with Crippen molar-refractivity contribution in [2.24, 2.45) is 0 Å². The van der Waals surface area contributed by atoms with Gasteiger partial charge in [0, 0.05) is 12.1 Å². The van der Waals surface area contributed by atoms with Crippen molar-refractivity contribution in [2.45, 2.75) is 31.8 Å². The first-order valence-corrected chi connectivity index (χ1v) is 9.23. The summed E-state index contributed by atoms with van der Waals surface area (Å²) in [5.74, 6) is 0.250. The first kappa shape index (κ1) is 18.7. The highest BCUT2D eigenvalue weighted by molar-refractivity contribution is 6.09. The molecule has 1 aliphatic rings. The zero-order valence-electron chi connectivity index (χ0n) is 15.2. The number of carbonyl (C=O) groups excluding carboxylic acids is 2. The van der Waals surface area contributed by atoms with Gasteiger partial charge < -0.3 is 15.4 Å². The van der Waals surface area contributed by atoms with Crippen LogP contribution in [0.2, 0.25) is 0 Å². The van der Waals surface area contributed by atoms with Gasteiger partial charge in [-0.25, -0.2) is 0 Å². The number of hydrogen-bond acceptors (Lipinski definition) is 3. The molecule has 0 aromatic heterocycles. The van der Waals surface area contributed by atoms with E-state index in [2.05, 4.69) is 17.2 Å². The van der Waals surface area contributed by atoms with E-state index in [0.717, 1.165) is 18.6 Å². The fourth-order valence-corrected chi connectivity index (χ4v) is 3.13. The van der Waals surface area contributed by atoms with Gasteiger partial charge in [-0.1, -0.05) is 18.2 Å². The van der Waals surface area contributed by atoms with E-state index >= 15 is 0 Å². The molecule has 1 fully saturated rings. The van der Waals surface area contributed by atoms with Crippen LogP contribution in [0.3, 0.4) is 0 Å². The lowest BCUT2D eigenvalue weighted by Crippen LogP contribution is -2.25. The molecule has 27 heavy (non-hydrogen) atoms. The zero-order chi connectivity index (χ0) is 19.1. The zero-order valence-corrected chi connectivity index (χ0v) is 15.2. The third-order valence-corrected chi connectivity index (χ3v) is 4.55. The molecule has 0 atom stereocenters. The van der Waals surface area contributed by atoms with Gasteiger partial charge in [0.1, 0.15) is 5.75 Å². The molecule has 2 aromatic rings. The van der Waals surface area contributed by atoms with Crippen LogP contribution in [0.1, 0.15) is 46.4 Å². The number of rotatable bonds is 7. The van der Waals surface area contributed by atoms with Gasteiger partial charge in [-0.15, -0.1) is 6.58 Å². The molecule has 5 nitrogen and oxygen atoms in total.